The van der Waals surface area contributed by atoms with Gasteiger partial charge in [0.1, 0.15) is 47.2 Å². The minimum atomic E-state index is -2.21. The fourth-order valence-corrected chi connectivity index (χ4v) is 9.16. The number of nitrogens with zero attached hydrogens (tertiary/aromatic N) is 4. The standard InChI is InChI=1S/C37H33N6OPS2.BrH.Cu/c1-38-36(46)42-40-35(30-24-22-28(26-44)23-25-30)34(29-14-6-2-7-15-29)41-43-37(47)39-27-45(31-16-8-3-9-17-31,32-18-10-4-11-19-32)33-20-12-5-13-21-33;;/h2-26H,27H2,1H3,(H3-,38,39,40,41,42,43,44,46,47);1H;/q;;+2/p-2. The maximum Gasteiger partial charge on any atom is 2.00 e. The molecule has 12 heteroatoms. The quantitative estimate of drug-likeness (QED) is 0.0407. The van der Waals surface area contributed by atoms with Crippen LogP contribution in [0.5, 0.6) is 0 Å². The number of amidine groups is 2. The van der Waals surface area contributed by atoms with E-state index in [1.165, 1.54) is 15.9 Å². The molecule has 0 aliphatic heterocycles. The smallest absolute Gasteiger partial charge is 1.00 e. The summed E-state index contributed by atoms with van der Waals surface area (Å²) < 4.78 is 0. The van der Waals surface area contributed by atoms with Crippen LogP contribution in [0.4, 0.5) is 0 Å². The van der Waals surface area contributed by atoms with Gasteiger partial charge in [-0.2, -0.15) is 10.2 Å². The molecule has 5 aromatic carbocycles. The van der Waals surface area contributed by atoms with Crippen molar-refractivity contribution < 1.29 is 38.8 Å². The Balaban J connectivity index is 0.00000325. The SMILES string of the molecule is CNC([S-])=NN=C(C(=NN=C([S-])NC[P+](c1ccccc1)(c1ccccc1)c1ccccc1)c1ccccc1)c1ccc(C=O)cc1.[Br-].[Cu+2]. The van der Waals surface area contributed by atoms with E-state index in [-0.39, 0.29) is 44.4 Å². The van der Waals surface area contributed by atoms with Crippen LogP contribution < -0.4 is 43.5 Å². The molecule has 2 N–H and O–H groups in total. The zero-order valence-corrected chi connectivity index (χ0v) is 31.3. The third-order valence-electron chi connectivity index (χ3n) is 7.35. The van der Waals surface area contributed by atoms with Crippen LogP contribution in [0.1, 0.15) is 21.5 Å². The summed E-state index contributed by atoms with van der Waals surface area (Å²) in [4.78, 5) is 11.3. The molecule has 7 nitrogen and oxygen atoms in total. The second kappa shape index (κ2) is 19.8. The van der Waals surface area contributed by atoms with E-state index in [0.29, 0.717) is 28.8 Å². The number of hydrogen-bond donors (Lipinski definition) is 2. The maximum atomic E-state index is 11.3. The molecule has 0 heterocycles. The number of rotatable bonds is 11. The molecule has 0 spiro atoms. The van der Waals surface area contributed by atoms with Crippen LogP contribution in [-0.2, 0) is 42.3 Å². The summed E-state index contributed by atoms with van der Waals surface area (Å²) in [5, 5.41) is 28.2. The Labute approximate surface area is 320 Å². The molecule has 5 aromatic rings. The van der Waals surface area contributed by atoms with E-state index in [1.54, 1.807) is 31.3 Å². The summed E-state index contributed by atoms with van der Waals surface area (Å²) in [7, 11) is -0.533. The van der Waals surface area contributed by atoms with Crippen molar-refractivity contribution in [2.24, 2.45) is 20.4 Å². The monoisotopic (exact) mass is 813 g/mol. The average molecular weight is 815 g/mol. The Morgan fingerprint density at radius 2 is 0.980 bits per heavy atom. The number of carbonyl (C=O) groups is 1. The van der Waals surface area contributed by atoms with Crippen LogP contribution in [0, 0.1) is 0 Å². The summed E-state index contributed by atoms with van der Waals surface area (Å²) in [6, 6.07) is 48.1. The van der Waals surface area contributed by atoms with E-state index in [9.17, 15) is 4.79 Å². The Hall–Kier alpha value is -4.08. The second-order valence-corrected chi connectivity index (χ2v) is 14.5. The zero-order chi connectivity index (χ0) is 32.9. The number of carbonyl (C=O) groups excluding carboxylic acids is 1. The molecule has 0 saturated carbocycles. The van der Waals surface area contributed by atoms with E-state index < -0.39 is 7.26 Å². The second-order valence-electron chi connectivity index (χ2n) is 10.2. The predicted octanol–water partition coefficient (Wildman–Crippen LogP) is 2.18. The molecular weight excluding hydrogens is 783 g/mol. The molecule has 0 bridgehead atoms. The van der Waals surface area contributed by atoms with Gasteiger partial charge in [0, 0.05) is 28.9 Å². The van der Waals surface area contributed by atoms with Crippen molar-refractivity contribution in [1.82, 2.24) is 10.6 Å². The molecule has 5 rings (SSSR count). The number of benzene rings is 5. The molecule has 0 fully saturated rings. The summed E-state index contributed by atoms with van der Waals surface area (Å²) in [6.07, 6.45) is 1.32. The minimum Gasteiger partial charge on any atom is -1.00 e. The minimum absolute atomic E-state index is 0. The third kappa shape index (κ3) is 9.98. The van der Waals surface area contributed by atoms with Crippen LogP contribution in [-0.4, -0.2) is 41.4 Å². The molecule has 0 atom stereocenters. The van der Waals surface area contributed by atoms with Gasteiger partial charge in [-0.25, -0.2) is 0 Å². The molecule has 0 aromatic heterocycles. The topological polar surface area (TPSA) is 90.6 Å². The Morgan fingerprint density at radius 3 is 1.39 bits per heavy atom. The van der Waals surface area contributed by atoms with Gasteiger partial charge >= 0.3 is 17.1 Å². The molecule has 0 unspecified atom stereocenters. The Bertz CT molecular complexity index is 1800. The van der Waals surface area contributed by atoms with Gasteiger partial charge in [-0.05, 0) is 41.6 Å². The van der Waals surface area contributed by atoms with Crippen molar-refractivity contribution in [3.8, 4) is 0 Å². The summed E-state index contributed by atoms with van der Waals surface area (Å²) >= 11 is 11.0. The van der Waals surface area contributed by atoms with Gasteiger partial charge < -0.3 is 52.9 Å². The van der Waals surface area contributed by atoms with E-state index in [1.807, 2.05) is 48.5 Å². The molecule has 0 amide bonds. The van der Waals surface area contributed by atoms with Gasteiger partial charge in [-0.1, -0.05) is 109 Å². The van der Waals surface area contributed by atoms with Gasteiger partial charge in [0.25, 0.3) is 0 Å². The zero-order valence-electron chi connectivity index (χ0n) is 26.3. The van der Waals surface area contributed by atoms with Crippen LogP contribution >= 0.6 is 7.26 Å². The average Bonchev–Trinajstić information content (AvgIpc) is 3.15. The Kier molecular flexibility index (Phi) is 15.9. The van der Waals surface area contributed by atoms with Crippen molar-refractivity contribution in [2.75, 3.05) is 13.3 Å². The normalized spacial score (nSPS) is 12.3. The maximum absolute atomic E-state index is 11.3. The van der Waals surface area contributed by atoms with Gasteiger partial charge in [0.15, 0.2) is 0 Å². The third-order valence-corrected chi connectivity index (χ3v) is 12.0. The first-order valence-electron chi connectivity index (χ1n) is 14.8. The summed E-state index contributed by atoms with van der Waals surface area (Å²) in [5.74, 6) is 0. The first-order valence-corrected chi connectivity index (χ1v) is 17.6. The van der Waals surface area contributed by atoms with E-state index in [2.05, 4.69) is 104 Å². The van der Waals surface area contributed by atoms with Crippen molar-refractivity contribution in [2.45, 2.75) is 0 Å². The summed E-state index contributed by atoms with van der Waals surface area (Å²) in [6.45, 7) is 0. The van der Waals surface area contributed by atoms with Crippen molar-refractivity contribution in [1.29, 1.82) is 0 Å². The van der Waals surface area contributed by atoms with Crippen LogP contribution in [0.2, 0.25) is 0 Å². The molecule has 0 aliphatic carbocycles. The molecule has 0 aliphatic rings. The fraction of sp³-hybridized carbons (Fsp3) is 0.0541. The van der Waals surface area contributed by atoms with Crippen molar-refractivity contribution >= 4 is 76.5 Å². The fourth-order valence-electron chi connectivity index (χ4n) is 5.03. The van der Waals surface area contributed by atoms with Gasteiger partial charge in [0.2, 0.25) is 0 Å². The van der Waals surface area contributed by atoms with Crippen LogP contribution in [0.25, 0.3) is 0 Å². The molecule has 1 radical (unpaired) electrons. The Morgan fingerprint density at radius 1 is 0.592 bits per heavy atom. The largest absolute Gasteiger partial charge is 2.00 e. The number of nitrogens with one attached hydrogen (secondary N) is 2. The van der Waals surface area contributed by atoms with Crippen LogP contribution in [0.15, 0.2) is 166 Å². The number of hydrogen-bond acceptors (Lipinski definition) is 7. The van der Waals surface area contributed by atoms with Gasteiger partial charge in [-0.15, -0.1) is 10.2 Å². The molecular formula is C37H32BrCuN6OPS2. The predicted molar refractivity (Wildman–Crippen MR) is 203 cm³/mol. The van der Waals surface area contributed by atoms with Crippen molar-refractivity contribution in [3.63, 3.8) is 0 Å². The van der Waals surface area contributed by atoms with E-state index >= 15 is 0 Å². The first-order chi connectivity index (χ1) is 23.0. The molecule has 49 heavy (non-hydrogen) atoms. The van der Waals surface area contributed by atoms with Crippen molar-refractivity contribution in [3.05, 3.63) is 162 Å². The molecule has 0 saturated heterocycles. The number of aldehydes is 1. The summed E-state index contributed by atoms with van der Waals surface area (Å²) in [5.41, 5.74) is 2.81. The van der Waals surface area contributed by atoms with Gasteiger partial charge in [-0.3, -0.25) is 4.79 Å². The number of halogens is 1. The van der Waals surface area contributed by atoms with E-state index in [0.717, 1.165) is 11.8 Å². The molecule has 251 valence electrons. The van der Waals surface area contributed by atoms with E-state index in [4.69, 9.17) is 25.3 Å². The van der Waals surface area contributed by atoms with Crippen LogP contribution in [0.3, 0.4) is 0 Å². The van der Waals surface area contributed by atoms with Gasteiger partial charge in [0.05, 0.1) is 0 Å². The first kappa shape index (κ1) is 39.4.